The summed E-state index contributed by atoms with van der Waals surface area (Å²) in [6.07, 6.45) is 0.0686. The average Bonchev–Trinajstić information content (AvgIpc) is 1.87. The van der Waals surface area contributed by atoms with Crippen molar-refractivity contribution in [3.63, 3.8) is 0 Å². The van der Waals surface area contributed by atoms with Crippen LogP contribution in [0.2, 0.25) is 0 Å². The van der Waals surface area contributed by atoms with Crippen LogP contribution >= 0.6 is 12.6 Å². The lowest BCUT2D eigenvalue weighted by atomic mass is 10.3. The molecule has 0 aliphatic rings. The summed E-state index contributed by atoms with van der Waals surface area (Å²) >= 11 is 3.72. The molecular weight excluding hydrogens is 142 g/mol. The van der Waals surface area contributed by atoms with Crippen LogP contribution < -0.4 is 5.90 Å². The van der Waals surface area contributed by atoms with E-state index in [9.17, 15) is 9.59 Å². The Morgan fingerprint density at radius 2 is 2.11 bits per heavy atom. The average molecular weight is 149 g/mol. The van der Waals surface area contributed by atoms with Crippen molar-refractivity contribution in [1.29, 1.82) is 0 Å². The SMILES string of the molecule is NOC(=O)C(=O)CCS. The predicted molar refractivity (Wildman–Crippen MR) is 33.8 cm³/mol. The van der Waals surface area contributed by atoms with E-state index in [2.05, 4.69) is 23.4 Å². The van der Waals surface area contributed by atoms with Gasteiger partial charge in [-0.3, -0.25) is 4.79 Å². The van der Waals surface area contributed by atoms with Gasteiger partial charge in [-0.05, 0) is 5.75 Å². The van der Waals surface area contributed by atoms with E-state index in [1.165, 1.54) is 0 Å². The minimum Gasteiger partial charge on any atom is -0.367 e. The van der Waals surface area contributed by atoms with E-state index in [1.54, 1.807) is 0 Å². The molecule has 0 aliphatic carbocycles. The molecule has 0 aromatic heterocycles. The molecule has 0 bridgehead atoms. The van der Waals surface area contributed by atoms with Crippen molar-refractivity contribution in [2.24, 2.45) is 5.90 Å². The van der Waals surface area contributed by atoms with Crippen molar-refractivity contribution in [2.75, 3.05) is 5.75 Å². The third-order valence-corrected chi connectivity index (χ3v) is 0.897. The van der Waals surface area contributed by atoms with Crippen molar-refractivity contribution in [3.8, 4) is 0 Å². The van der Waals surface area contributed by atoms with Gasteiger partial charge in [0.1, 0.15) is 0 Å². The van der Waals surface area contributed by atoms with Gasteiger partial charge < -0.3 is 4.84 Å². The first-order chi connectivity index (χ1) is 4.22. The first-order valence-electron chi connectivity index (χ1n) is 2.27. The molecule has 4 nitrogen and oxygen atoms in total. The topological polar surface area (TPSA) is 69.4 Å². The quantitative estimate of drug-likeness (QED) is 0.316. The number of carbonyl (C=O) groups is 2. The zero-order valence-corrected chi connectivity index (χ0v) is 5.56. The summed E-state index contributed by atoms with van der Waals surface area (Å²) in [4.78, 5) is 24.2. The molecular formula is C4H7NO3S. The van der Waals surface area contributed by atoms with Gasteiger partial charge in [0.05, 0.1) is 0 Å². The molecule has 0 saturated carbocycles. The number of thiol groups is 1. The number of hydrogen-bond acceptors (Lipinski definition) is 5. The molecule has 9 heavy (non-hydrogen) atoms. The van der Waals surface area contributed by atoms with Crippen LogP contribution in [0.5, 0.6) is 0 Å². The molecule has 2 N–H and O–H groups in total. The summed E-state index contributed by atoms with van der Waals surface area (Å²) in [5.41, 5.74) is 0. The molecule has 0 saturated heterocycles. The third-order valence-electron chi connectivity index (χ3n) is 0.674. The van der Waals surface area contributed by atoms with Gasteiger partial charge in [-0.2, -0.15) is 18.5 Å². The van der Waals surface area contributed by atoms with Crippen LogP contribution in [-0.4, -0.2) is 17.5 Å². The molecule has 0 aromatic rings. The molecule has 0 radical (unpaired) electrons. The lowest BCUT2D eigenvalue weighted by Gasteiger charge is -1.91. The second-order valence-electron chi connectivity index (χ2n) is 1.30. The van der Waals surface area contributed by atoms with Gasteiger partial charge in [-0.1, -0.05) is 0 Å². The van der Waals surface area contributed by atoms with Crippen LogP contribution in [0, 0.1) is 0 Å². The molecule has 5 heteroatoms. The molecule has 52 valence electrons. The minimum absolute atomic E-state index is 0.0686. The number of carbonyl (C=O) groups excluding carboxylic acids is 2. The summed E-state index contributed by atoms with van der Waals surface area (Å²) in [6.45, 7) is 0. The Bertz CT molecular complexity index is 125. The highest BCUT2D eigenvalue weighted by atomic mass is 32.1. The number of rotatable bonds is 3. The molecule has 0 aromatic carbocycles. The Morgan fingerprint density at radius 3 is 2.44 bits per heavy atom. The normalized spacial score (nSPS) is 8.67. The molecule has 0 fully saturated rings. The van der Waals surface area contributed by atoms with Crippen molar-refractivity contribution in [1.82, 2.24) is 0 Å². The van der Waals surface area contributed by atoms with Crippen molar-refractivity contribution < 1.29 is 14.4 Å². The van der Waals surface area contributed by atoms with E-state index in [0.717, 1.165) is 0 Å². The second kappa shape index (κ2) is 4.34. The van der Waals surface area contributed by atoms with Crippen LogP contribution in [0.25, 0.3) is 0 Å². The molecule has 0 atom stereocenters. The maximum absolute atomic E-state index is 10.4. The largest absolute Gasteiger partial charge is 0.393 e. The fourth-order valence-corrected chi connectivity index (χ4v) is 0.472. The van der Waals surface area contributed by atoms with E-state index >= 15 is 0 Å². The summed E-state index contributed by atoms with van der Waals surface area (Å²) in [6, 6.07) is 0. The van der Waals surface area contributed by atoms with Gasteiger partial charge in [0.2, 0.25) is 5.78 Å². The van der Waals surface area contributed by atoms with E-state index < -0.39 is 11.8 Å². The van der Waals surface area contributed by atoms with E-state index in [4.69, 9.17) is 0 Å². The molecule has 0 rings (SSSR count). The Morgan fingerprint density at radius 1 is 1.56 bits per heavy atom. The fourth-order valence-electron chi connectivity index (χ4n) is 0.269. The lowest BCUT2D eigenvalue weighted by molar-refractivity contribution is -0.154. The Labute approximate surface area is 57.7 Å². The van der Waals surface area contributed by atoms with Gasteiger partial charge in [0.15, 0.2) is 0 Å². The van der Waals surface area contributed by atoms with Crippen molar-refractivity contribution in [3.05, 3.63) is 0 Å². The molecule has 0 spiro atoms. The standard InChI is InChI=1S/C4H7NO3S/c5-8-4(7)3(6)1-2-9/h9H,1-2,5H2. The first kappa shape index (κ1) is 8.45. The Kier molecular flexibility index (Phi) is 4.08. The fraction of sp³-hybridized carbons (Fsp3) is 0.500. The third kappa shape index (κ3) is 3.10. The highest BCUT2D eigenvalue weighted by Gasteiger charge is 2.11. The smallest absolute Gasteiger partial charge is 0.367 e. The van der Waals surface area contributed by atoms with Crippen LogP contribution in [0.3, 0.4) is 0 Å². The van der Waals surface area contributed by atoms with Gasteiger partial charge in [-0.25, -0.2) is 4.79 Å². The minimum atomic E-state index is -1.01. The van der Waals surface area contributed by atoms with Crippen LogP contribution in [0.1, 0.15) is 6.42 Å². The highest BCUT2D eigenvalue weighted by molar-refractivity contribution is 7.80. The monoisotopic (exact) mass is 149 g/mol. The van der Waals surface area contributed by atoms with Crippen LogP contribution in [0.4, 0.5) is 0 Å². The maximum atomic E-state index is 10.4. The zero-order chi connectivity index (χ0) is 7.28. The summed E-state index contributed by atoms with van der Waals surface area (Å²) < 4.78 is 0. The molecule has 0 aliphatic heterocycles. The van der Waals surface area contributed by atoms with Gasteiger partial charge in [0, 0.05) is 6.42 Å². The predicted octanol–water partition coefficient (Wildman–Crippen LogP) is -0.708. The number of hydrogen-bond donors (Lipinski definition) is 2. The summed E-state index contributed by atoms with van der Waals surface area (Å²) in [7, 11) is 0. The van der Waals surface area contributed by atoms with Crippen LogP contribution in [0.15, 0.2) is 0 Å². The van der Waals surface area contributed by atoms with Crippen LogP contribution in [-0.2, 0) is 14.4 Å². The molecule has 0 heterocycles. The summed E-state index contributed by atoms with van der Waals surface area (Å²) in [5, 5.41) is 0. The number of Topliss-reactive ketones (excluding diaryl/α,β-unsaturated/α-hetero) is 1. The Hall–Kier alpha value is -0.550. The van der Waals surface area contributed by atoms with Gasteiger partial charge in [0.25, 0.3) is 0 Å². The van der Waals surface area contributed by atoms with Crippen molar-refractivity contribution >= 4 is 24.4 Å². The van der Waals surface area contributed by atoms with E-state index in [0.29, 0.717) is 5.75 Å². The number of ketones is 1. The first-order valence-corrected chi connectivity index (χ1v) is 2.90. The maximum Gasteiger partial charge on any atom is 0.393 e. The van der Waals surface area contributed by atoms with Crippen molar-refractivity contribution in [2.45, 2.75) is 6.42 Å². The zero-order valence-electron chi connectivity index (χ0n) is 4.66. The van der Waals surface area contributed by atoms with E-state index in [1.807, 2.05) is 0 Å². The molecule has 0 unspecified atom stereocenters. The second-order valence-corrected chi connectivity index (χ2v) is 1.75. The lowest BCUT2D eigenvalue weighted by Crippen LogP contribution is -2.20. The van der Waals surface area contributed by atoms with E-state index in [-0.39, 0.29) is 6.42 Å². The summed E-state index contributed by atoms with van der Waals surface area (Å²) in [5.74, 6) is 3.08. The molecule has 0 amide bonds. The Balaban J connectivity index is 3.60. The van der Waals surface area contributed by atoms with Gasteiger partial charge >= 0.3 is 5.97 Å². The van der Waals surface area contributed by atoms with Gasteiger partial charge in [-0.15, -0.1) is 0 Å². The highest BCUT2D eigenvalue weighted by Crippen LogP contribution is 1.87. The number of nitrogens with two attached hydrogens (primary N) is 1.